The van der Waals surface area contributed by atoms with E-state index in [-0.39, 0.29) is 23.0 Å². The van der Waals surface area contributed by atoms with E-state index in [9.17, 15) is 18.0 Å². The predicted octanol–water partition coefficient (Wildman–Crippen LogP) is 3.07. The Morgan fingerprint density at radius 2 is 1.71 bits per heavy atom. The molecular weight excluding hydrogens is 492 g/mol. The van der Waals surface area contributed by atoms with Gasteiger partial charge in [0.05, 0.1) is 38.4 Å². The summed E-state index contributed by atoms with van der Waals surface area (Å²) in [6.45, 7) is 2.17. The van der Waals surface area contributed by atoms with E-state index >= 15 is 0 Å². The molecule has 1 fully saturated rings. The van der Waals surface area contributed by atoms with Crippen molar-refractivity contribution in [3.8, 4) is 17.2 Å². The Hall–Kier alpha value is -2.79. The smallest absolute Gasteiger partial charge is 0.256 e. The number of methoxy groups -OCH3 is 3. The summed E-state index contributed by atoms with van der Waals surface area (Å²) in [5, 5.41) is 6.25. The number of carbonyl (C=O) groups excluding carboxylic acids is 2. The Bertz CT molecular complexity index is 1230. The monoisotopic (exact) mass is 522 g/mol. The van der Waals surface area contributed by atoms with Crippen molar-refractivity contribution in [3.05, 3.63) is 33.7 Å². The molecule has 0 saturated carbocycles. The van der Waals surface area contributed by atoms with Crippen molar-refractivity contribution in [2.45, 2.75) is 38.6 Å². The first-order valence-electron chi connectivity index (χ1n) is 11.4. The zero-order valence-corrected chi connectivity index (χ0v) is 21.9. The SMILES string of the molecule is COc1cc(C(=O)Nc2sc3c(c2C(=O)NC2CCS(=O)(=O)C2)CCC(C)C3)cc(OC)c1OC. The molecule has 1 aromatic carbocycles. The standard InChI is InChI=1S/C24H30N2O7S2/c1-13-5-6-16-19(9-13)34-24(20(16)23(28)25-15-7-8-35(29,30)12-15)26-22(27)14-10-17(31-2)21(33-4)18(11-14)32-3/h10-11,13,15H,5-9,12H2,1-4H3,(H,25,28)(H,26,27). The fraction of sp³-hybridized carbons (Fsp3) is 0.500. The Balaban J connectivity index is 1.66. The highest BCUT2D eigenvalue weighted by Gasteiger charge is 2.33. The maximum Gasteiger partial charge on any atom is 0.256 e. The summed E-state index contributed by atoms with van der Waals surface area (Å²) < 4.78 is 39.8. The van der Waals surface area contributed by atoms with Crippen LogP contribution in [0.3, 0.4) is 0 Å². The van der Waals surface area contributed by atoms with Gasteiger partial charge in [-0.2, -0.15) is 0 Å². The molecule has 2 heterocycles. The van der Waals surface area contributed by atoms with Crippen LogP contribution in [0.2, 0.25) is 0 Å². The number of ether oxygens (including phenoxy) is 3. The number of hydrogen-bond acceptors (Lipinski definition) is 8. The van der Waals surface area contributed by atoms with Crippen LogP contribution in [0.15, 0.2) is 12.1 Å². The molecule has 4 rings (SSSR count). The first-order valence-corrected chi connectivity index (χ1v) is 14.1. The summed E-state index contributed by atoms with van der Waals surface area (Å²) in [6, 6.07) is 2.68. The maximum atomic E-state index is 13.3. The van der Waals surface area contributed by atoms with E-state index in [1.54, 1.807) is 12.1 Å². The topological polar surface area (TPSA) is 120 Å². The molecule has 1 saturated heterocycles. The van der Waals surface area contributed by atoms with E-state index in [0.717, 1.165) is 29.7 Å². The van der Waals surface area contributed by atoms with Gasteiger partial charge in [-0.05, 0) is 49.3 Å². The van der Waals surface area contributed by atoms with Crippen LogP contribution >= 0.6 is 11.3 Å². The van der Waals surface area contributed by atoms with Crippen molar-refractivity contribution in [1.29, 1.82) is 0 Å². The second kappa shape index (κ2) is 10.1. The lowest BCUT2D eigenvalue weighted by atomic mass is 9.88. The Morgan fingerprint density at radius 1 is 1.03 bits per heavy atom. The van der Waals surface area contributed by atoms with E-state index in [0.29, 0.717) is 40.2 Å². The lowest BCUT2D eigenvalue weighted by Gasteiger charge is -2.19. The van der Waals surface area contributed by atoms with Crippen LogP contribution in [0.4, 0.5) is 5.00 Å². The fourth-order valence-electron chi connectivity index (χ4n) is 4.63. The Labute approximate surface area is 209 Å². The first kappa shape index (κ1) is 25.3. The van der Waals surface area contributed by atoms with Crippen LogP contribution in [0, 0.1) is 5.92 Å². The minimum absolute atomic E-state index is 0.0603. The van der Waals surface area contributed by atoms with E-state index in [1.807, 2.05) is 0 Å². The molecular formula is C24H30N2O7S2. The van der Waals surface area contributed by atoms with Gasteiger partial charge in [0.1, 0.15) is 5.00 Å². The first-order chi connectivity index (χ1) is 16.7. The van der Waals surface area contributed by atoms with Gasteiger partial charge in [0.15, 0.2) is 21.3 Å². The van der Waals surface area contributed by atoms with Crippen LogP contribution in [0.25, 0.3) is 0 Å². The van der Waals surface area contributed by atoms with E-state index < -0.39 is 21.8 Å². The van der Waals surface area contributed by atoms with Crippen LogP contribution in [0.5, 0.6) is 17.2 Å². The molecule has 0 bridgehead atoms. The lowest BCUT2D eigenvalue weighted by molar-refractivity contribution is 0.0941. The Morgan fingerprint density at radius 3 is 2.29 bits per heavy atom. The van der Waals surface area contributed by atoms with Crippen LogP contribution in [-0.4, -0.2) is 59.1 Å². The van der Waals surface area contributed by atoms with Gasteiger partial charge in [0, 0.05) is 16.5 Å². The summed E-state index contributed by atoms with van der Waals surface area (Å²) >= 11 is 1.40. The highest BCUT2D eigenvalue weighted by atomic mass is 32.2. The van der Waals surface area contributed by atoms with Gasteiger partial charge in [-0.1, -0.05) is 6.92 Å². The van der Waals surface area contributed by atoms with Gasteiger partial charge in [-0.3, -0.25) is 9.59 Å². The third kappa shape index (κ3) is 5.25. The van der Waals surface area contributed by atoms with E-state index in [4.69, 9.17) is 14.2 Å². The van der Waals surface area contributed by atoms with Gasteiger partial charge in [-0.15, -0.1) is 11.3 Å². The van der Waals surface area contributed by atoms with Gasteiger partial charge in [0.2, 0.25) is 5.75 Å². The van der Waals surface area contributed by atoms with E-state index in [1.165, 1.54) is 32.7 Å². The molecule has 2 amide bonds. The van der Waals surface area contributed by atoms with Crippen molar-refractivity contribution in [3.63, 3.8) is 0 Å². The highest BCUT2D eigenvalue weighted by Crippen LogP contribution is 2.41. The van der Waals surface area contributed by atoms with Crippen molar-refractivity contribution in [2.75, 3.05) is 38.2 Å². The number of carbonyl (C=O) groups is 2. The molecule has 0 spiro atoms. The lowest BCUT2D eigenvalue weighted by Crippen LogP contribution is -2.36. The molecule has 2 atom stereocenters. The quantitative estimate of drug-likeness (QED) is 0.573. The van der Waals surface area contributed by atoms with Crippen LogP contribution in [-0.2, 0) is 22.7 Å². The number of rotatable bonds is 7. The van der Waals surface area contributed by atoms with Crippen molar-refractivity contribution in [2.24, 2.45) is 5.92 Å². The average Bonchev–Trinajstić information content (AvgIpc) is 3.35. The third-order valence-electron chi connectivity index (χ3n) is 6.46. The number of hydrogen-bond donors (Lipinski definition) is 2. The highest BCUT2D eigenvalue weighted by molar-refractivity contribution is 7.91. The third-order valence-corrected chi connectivity index (χ3v) is 9.40. The molecule has 2 aliphatic rings. The molecule has 2 unspecified atom stereocenters. The molecule has 2 N–H and O–H groups in total. The second-order valence-corrected chi connectivity index (χ2v) is 12.3. The van der Waals surface area contributed by atoms with Crippen LogP contribution in [0.1, 0.15) is 50.9 Å². The zero-order chi connectivity index (χ0) is 25.3. The van der Waals surface area contributed by atoms with Crippen LogP contribution < -0.4 is 24.8 Å². The molecule has 1 aliphatic heterocycles. The fourth-order valence-corrected chi connectivity index (χ4v) is 7.71. The minimum Gasteiger partial charge on any atom is -0.493 e. The molecule has 11 heteroatoms. The number of fused-ring (bicyclic) bond motifs is 1. The van der Waals surface area contributed by atoms with Crippen molar-refractivity contribution in [1.82, 2.24) is 5.32 Å². The molecule has 1 aromatic heterocycles. The molecule has 190 valence electrons. The molecule has 9 nitrogen and oxygen atoms in total. The van der Waals surface area contributed by atoms with Gasteiger partial charge >= 0.3 is 0 Å². The number of benzene rings is 1. The number of nitrogens with one attached hydrogen (secondary N) is 2. The number of amides is 2. The number of sulfone groups is 1. The molecule has 2 aromatic rings. The van der Waals surface area contributed by atoms with E-state index in [2.05, 4.69) is 17.6 Å². The minimum atomic E-state index is -3.13. The predicted molar refractivity (Wildman–Crippen MR) is 134 cm³/mol. The summed E-state index contributed by atoms with van der Waals surface area (Å²) in [6.07, 6.45) is 2.91. The Kier molecular flexibility index (Phi) is 7.27. The number of thiophene rings is 1. The summed E-state index contributed by atoms with van der Waals surface area (Å²) in [7, 11) is 1.29. The van der Waals surface area contributed by atoms with Gasteiger partial charge < -0.3 is 24.8 Å². The normalized spacial score (nSPS) is 20.6. The summed E-state index contributed by atoms with van der Waals surface area (Å²) in [5.74, 6) is 0.785. The zero-order valence-electron chi connectivity index (χ0n) is 20.2. The van der Waals surface area contributed by atoms with Gasteiger partial charge in [0.25, 0.3) is 11.8 Å². The van der Waals surface area contributed by atoms with Crippen molar-refractivity contribution >= 4 is 38.0 Å². The van der Waals surface area contributed by atoms with Gasteiger partial charge in [-0.25, -0.2) is 8.42 Å². The van der Waals surface area contributed by atoms with Crippen molar-refractivity contribution < 1.29 is 32.2 Å². The second-order valence-electron chi connectivity index (χ2n) is 9.00. The molecule has 35 heavy (non-hydrogen) atoms. The molecule has 1 aliphatic carbocycles. The number of anilines is 1. The largest absolute Gasteiger partial charge is 0.493 e. The molecule has 0 radical (unpaired) electrons. The maximum absolute atomic E-state index is 13.3. The average molecular weight is 523 g/mol. The summed E-state index contributed by atoms with van der Waals surface area (Å²) in [4.78, 5) is 27.7. The summed E-state index contributed by atoms with van der Waals surface area (Å²) in [5.41, 5.74) is 1.65.